The first kappa shape index (κ1) is 12.6. The lowest BCUT2D eigenvalue weighted by molar-refractivity contribution is 0.0945. The van der Waals surface area contributed by atoms with Crippen LogP contribution in [-0.4, -0.2) is 12.5 Å². The van der Waals surface area contributed by atoms with E-state index in [9.17, 15) is 9.18 Å². The van der Waals surface area contributed by atoms with Crippen molar-refractivity contribution in [3.05, 3.63) is 35.1 Å². The molecule has 0 aliphatic heterocycles. The lowest BCUT2D eigenvalue weighted by Gasteiger charge is -2.09. The Bertz CT molecular complexity index is 377. The van der Waals surface area contributed by atoms with Crippen molar-refractivity contribution in [3.8, 4) is 0 Å². The van der Waals surface area contributed by atoms with E-state index in [1.807, 2.05) is 13.8 Å². The number of hydrogen-bond donors (Lipinski definition) is 2. The zero-order valence-corrected chi connectivity index (χ0v) is 9.59. The van der Waals surface area contributed by atoms with E-state index in [1.165, 1.54) is 12.1 Å². The quantitative estimate of drug-likeness (QED) is 0.817. The van der Waals surface area contributed by atoms with E-state index in [0.29, 0.717) is 19.0 Å². The van der Waals surface area contributed by atoms with E-state index in [0.717, 1.165) is 5.56 Å². The van der Waals surface area contributed by atoms with Crippen LogP contribution in [0.15, 0.2) is 18.2 Å². The molecule has 3 nitrogen and oxygen atoms in total. The van der Waals surface area contributed by atoms with Crippen molar-refractivity contribution in [2.24, 2.45) is 11.7 Å². The minimum Gasteiger partial charge on any atom is -0.352 e. The first-order chi connectivity index (χ1) is 7.54. The fraction of sp³-hybridized carbons (Fsp3) is 0.417. The van der Waals surface area contributed by atoms with Gasteiger partial charge in [0.15, 0.2) is 0 Å². The lowest BCUT2D eigenvalue weighted by atomic mass is 10.1. The van der Waals surface area contributed by atoms with Crippen LogP contribution in [0.25, 0.3) is 0 Å². The minimum absolute atomic E-state index is 0.0589. The third-order valence-corrected chi connectivity index (χ3v) is 2.18. The van der Waals surface area contributed by atoms with Gasteiger partial charge in [-0.05, 0) is 23.6 Å². The molecule has 3 N–H and O–H groups in total. The molecule has 4 heteroatoms. The van der Waals surface area contributed by atoms with Crippen molar-refractivity contribution in [1.82, 2.24) is 5.32 Å². The average molecular weight is 224 g/mol. The van der Waals surface area contributed by atoms with Crippen molar-refractivity contribution in [2.75, 3.05) is 6.54 Å². The highest BCUT2D eigenvalue weighted by molar-refractivity contribution is 5.94. The van der Waals surface area contributed by atoms with E-state index >= 15 is 0 Å². The van der Waals surface area contributed by atoms with Crippen molar-refractivity contribution >= 4 is 5.91 Å². The predicted molar refractivity (Wildman–Crippen MR) is 61.5 cm³/mol. The number of rotatable bonds is 4. The molecule has 0 bridgehead atoms. The molecule has 0 fully saturated rings. The van der Waals surface area contributed by atoms with E-state index in [-0.39, 0.29) is 11.5 Å². The second-order valence-electron chi connectivity index (χ2n) is 4.12. The highest BCUT2D eigenvalue weighted by atomic mass is 19.1. The third kappa shape index (κ3) is 3.31. The monoisotopic (exact) mass is 224 g/mol. The molecular formula is C12H17FN2O. The van der Waals surface area contributed by atoms with Gasteiger partial charge in [-0.1, -0.05) is 19.9 Å². The maximum atomic E-state index is 13.4. The van der Waals surface area contributed by atoms with Crippen LogP contribution in [-0.2, 0) is 6.54 Å². The predicted octanol–water partition coefficient (Wildman–Crippen LogP) is 1.67. The molecule has 0 aromatic heterocycles. The number of amides is 1. The van der Waals surface area contributed by atoms with Crippen molar-refractivity contribution < 1.29 is 9.18 Å². The molecular weight excluding hydrogens is 207 g/mol. The first-order valence-electron chi connectivity index (χ1n) is 5.31. The van der Waals surface area contributed by atoms with Gasteiger partial charge in [0.2, 0.25) is 0 Å². The zero-order valence-electron chi connectivity index (χ0n) is 9.59. The summed E-state index contributed by atoms with van der Waals surface area (Å²) in [6.45, 7) is 4.79. The molecule has 0 aliphatic rings. The zero-order chi connectivity index (χ0) is 12.1. The summed E-state index contributed by atoms with van der Waals surface area (Å²) in [5.74, 6) is -0.565. The summed E-state index contributed by atoms with van der Waals surface area (Å²) in [6, 6.07) is 4.34. The molecule has 0 saturated carbocycles. The molecule has 0 heterocycles. The Morgan fingerprint density at radius 2 is 2.19 bits per heavy atom. The number of nitrogens with one attached hydrogen (secondary N) is 1. The van der Waals surface area contributed by atoms with Crippen LogP contribution in [0.4, 0.5) is 4.39 Å². The largest absolute Gasteiger partial charge is 0.352 e. The summed E-state index contributed by atoms with van der Waals surface area (Å²) >= 11 is 0. The van der Waals surface area contributed by atoms with Gasteiger partial charge >= 0.3 is 0 Å². The van der Waals surface area contributed by atoms with Crippen molar-refractivity contribution in [3.63, 3.8) is 0 Å². The summed E-state index contributed by atoms with van der Waals surface area (Å²) in [6.07, 6.45) is 0. The van der Waals surface area contributed by atoms with Gasteiger partial charge in [0.25, 0.3) is 5.91 Å². The van der Waals surface area contributed by atoms with Crippen molar-refractivity contribution in [1.29, 1.82) is 0 Å². The molecule has 0 radical (unpaired) electrons. The fourth-order valence-electron chi connectivity index (χ4n) is 1.27. The molecule has 0 spiro atoms. The van der Waals surface area contributed by atoms with Gasteiger partial charge in [0, 0.05) is 13.1 Å². The summed E-state index contributed by atoms with van der Waals surface area (Å²) in [4.78, 5) is 11.6. The summed E-state index contributed by atoms with van der Waals surface area (Å²) < 4.78 is 13.4. The second-order valence-corrected chi connectivity index (χ2v) is 4.12. The SMILES string of the molecule is CC(C)CNC(=O)c1cc(CN)ccc1F. The third-order valence-electron chi connectivity index (χ3n) is 2.18. The maximum Gasteiger partial charge on any atom is 0.254 e. The molecule has 0 atom stereocenters. The Kier molecular flexibility index (Phi) is 4.43. The van der Waals surface area contributed by atoms with Crippen LogP contribution in [0.3, 0.4) is 0 Å². The van der Waals surface area contributed by atoms with Crippen LogP contribution in [0.1, 0.15) is 29.8 Å². The van der Waals surface area contributed by atoms with Crippen LogP contribution in [0.2, 0.25) is 0 Å². The van der Waals surface area contributed by atoms with Gasteiger partial charge in [-0.25, -0.2) is 4.39 Å². The number of hydrogen-bond acceptors (Lipinski definition) is 2. The summed E-state index contributed by atoms with van der Waals surface area (Å²) in [5.41, 5.74) is 6.24. The van der Waals surface area contributed by atoms with Crippen LogP contribution < -0.4 is 11.1 Å². The van der Waals surface area contributed by atoms with Crippen LogP contribution in [0.5, 0.6) is 0 Å². The van der Waals surface area contributed by atoms with E-state index in [2.05, 4.69) is 5.32 Å². The van der Waals surface area contributed by atoms with Gasteiger partial charge in [-0.2, -0.15) is 0 Å². The molecule has 88 valence electrons. The second kappa shape index (κ2) is 5.61. The normalized spacial score (nSPS) is 10.6. The highest BCUT2D eigenvalue weighted by Gasteiger charge is 2.12. The number of carbonyl (C=O) groups is 1. The Morgan fingerprint density at radius 3 is 2.75 bits per heavy atom. The number of halogens is 1. The maximum absolute atomic E-state index is 13.4. The smallest absolute Gasteiger partial charge is 0.254 e. The Morgan fingerprint density at radius 1 is 1.50 bits per heavy atom. The van der Waals surface area contributed by atoms with E-state index in [1.54, 1.807) is 6.07 Å². The molecule has 1 amide bonds. The number of benzene rings is 1. The molecule has 0 aliphatic carbocycles. The molecule has 1 aromatic carbocycles. The van der Waals surface area contributed by atoms with Gasteiger partial charge in [0.05, 0.1) is 5.56 Å². The van der Waals surface area contributed by atoms with Crippen LogP contribution >= 0.6 is 0 Å². The van der Waals surface area contributed by atoms with Gasteiger partial charge in [0.1, 0.15) is 5.82 Å². The average Bonchev–Trinajstić information content (AvgIpc) is 2.26. The van der Waals surface area contributed by atoms with Gasteiger partial charge < -0.3 is 11.1 Å². The fourth-order valence-corrected chi connectivity index (χ4v) is 1.27. The van der Waals surface area contributed by atoms with Gasteiger partial charge in [-0.15, -0.1) is 0 Å². The molecule has 0 unspecified atom stereocenters. The van der Waals surface area contributed by atoms with Gasteiger partial charge in [-0.3, -0.25) is 4.79 Å². The van der Waals surface area contributed by atoms with E-state index < -0.39 is 5.82 Å². The first-order valence-corrected chi connectivity index (χ1v) is 5.31. The summed E-state index contributed by atoms with van der Waals surface area (Å²) in [5, 5.41) is 2.67. The Hall–Kier alpha value is -1.42. The Balaban J connectivity index is 2.81. The topological polar surface area (TPSA) is 55.1 Å². The molecule has 16 heavy (non-hydrogen) atoms. The Labute approximate surface area is 94.8 Å². The van der Waals surface area contributed by atoms with E-state index in [4.69, 9.17) is 5.73 Å². The molecule has 0 saturated heterocycles. The van der Waals surface area contributed by atoms with Crippen LogP contribution in [0, 0.1) is 11.7 Å². The minimum atomic E-state index is -0.515. The standard InChI is InChI=1S/C12H17FN2O/c1-8(2)7-15-12(16)10-5-9(6-14)3-4-11(10)13/h3-5,8H,6-7,14H2,1-2H3,(H,15,16). The van der Waals surface area contributed by atoms with Crippen molar-refractivity contribution in [2.45, 2.75) is 20.4 Å². The lowest BCUT2D eigenvalue weighted by Crippen LogP contribution is -2.28. The molecule has 1 rings (SSSR count). The molecule has 1 aromatic rings. The number of nitrogens with two attached hydrogens (primary N) is 1. The highest BCUT2D eigenvalue weighted by Crippen LogP contribution is 2.10. The summed E-state index contributed by atoms with van der Waals surface area (Å²) in [7, 11) is 0. The number of carbonyl (C=O) groups excluding carboxylic acids is 1.